The fourth-order valence-corrected chi connectivity index (χ4v) is 3.40. The molecule has 1 aliphatic heterocycles. The summed E-state index contributed by atoms with van der Waals surface area (Å²) in [7, 11) is 0. The molecule has 4 rings (SSSR count). The van der Waals surface area contributed by atoms with Crippen molar-refractivity contribution in [1.29, 1.82) is 0 Å². The molecule has 1 aliphatic rings. The number of nitrogens with two attached hydrogens (primary N) is 1. The van der Waals surface area contributed by atoms with Crippen molar-refractivity contribution >= 4 is 5.95 Å². The summed E-state index contributed by atoms with van der Waals surface area (Å²) in [5.41, 5.74) is 10.5. The summed E-state index contributed by atoms with van der Waals surface area (Å²) in [6, 6.07) is 12.8. The molecule has 140 valence electrons. The van der Waals surface area contributed by atoms with Gasteiger partial charge in [0.05, 0.1) is 24.5 Å². The highest BCUT2D eigenvalue weighted by Gasteiger charge is 2.18. The van der Waals surface area contributed by atoms with Crippen molar-refractivity contribution in [2.45, 2.75) is 32.6 Å². The van der Waals surface area contributed by atoms with Crippen molar-refractivity contribution in [3.63, 3.8) is 0 Å². The van der Waals surface area contributed by atoms with E-state index in [1.165, 1.54) is 16.8 Å². The molecule has 7 nitrogen and oxygen atoms in total. The first kappa shape index (κ1) is 17.6. The van der Waals surface area contributed by atoms with Crippen LogP contribution in [-0.2, 0) is 32.6 Å². The normalized spacial score (nSPS) is 14.1. The minimum absolute atomic E-state index is 0.628. The van der Waals surface area contributed by atoms with Crippen LogP contribution < -0.4 is 11.1 Å². The number of aromatic nitrogens is 4. The van der Waals surface area contributed by atoms with Gasteiger partial charge in [0.25, 0.3) is 0 Å². The van der Waals surface area contributed by atoms with E-state index in [9.17, 15) is 0 Å². The third-order valence-corrected chi connectivity index (χ3v) is 4.78. The van der Waals surface area contributed by atoms with E-state index in [0.29, 0.717) is 19.0 Å². The molecule has 0 unspecified atom stereocenters. The minimum atomic E-state index is 0.628. The van der Waals surface area contributed by atoms with Gasteiger partial charge in [-0.05, 0) is 36.2 Å². The summed E-state index contributed by atoms with van der Waals surface area (Å²) >= 11 is 0. The molecule has 0 saturated heterocycles. The Kier molecular flexibility index (Phi) is 5.41. The minimum Gasteiger partial charge on any atom is -0.348 e. The summed E-state index contributed by atoms with van der Waals surface area (Å²) in [6.07, 6.45) is 4.40. The van der Waals surface area contributed by atoms with Gasteiger partial charge in [-0.1, -0.05) is 24.3 Å². The molecule has 3 aromatic rings. The number of hydrogen-bond donors (Lipinski definition) is 2. The zero-order chi connectivity index (χ0) is 18.5. The molecule has 27 heavy (non-hydrogen) atoms. The molecule has 3 heterocycles. The van der Waals surface area contributed by atoms with E-state index in [1.807, 2.05) is 0 Å². The Balaban J connectivity index is 1.34. The maximum atomic E-state index is 5.62. The van der Waals surface area contributed by atoms with Crippen molar-refractivity contribution in [3.8, 4) is 0 Å². The molecule has 0 bridgehead atoms. The highest BCUT2D eigenvalue weighted by Crippen LogP contribution is 2.17. The summed E-state index contributed by atoms with van der Waals surface area (Å²) in [6.45, 7) is 5.13. The van der Waals surface area contributed by atoms with Gasteiger partial charge in [0, 0.05) is 32.0 Å². The average Bonchev–Trinajstić information content (AvgIpc) is 3.11. The fraction of sp³-hybridized carbons (Fsp3) is 0.350. The van der Waals surface area contributed by atoms with Crippen LogP contribution in [0.4, 0.5) is 5.95 Å². The molecule has 0 atom stereocenters. The first-order valence-corrected chi connectivity index (χ1v) is 9.37. The number of nitrogens with zero attached hydrogens (tertiary/aromatic N) is 5. The third kappa shape index (κ3) is 4.50. The van der Waals surface area contributed by atoms with E-state index in [1.54, 1.807) is 18.5 Å². The Hall–Kier alpha value is -2.77. The Bertz CT molecular complexity index is 858. The largest absolute Gasteiger partial charge is 0.348 e. The molecular weight excluding hydrogens is 338 g/mol. The maximum absolute atomic E-state index is 5.62. The first-order valence-electron chi connectivity index (χ1n) is 9.37. The lowest BCUT2D eigenvalue weighted by Gasteiger charge is -2.27. The van der Waals surface area contributed by atoms with Gasteiger partial charge in [0.2, 0.25) is 5.95 Å². The predicted octanol–water partition coefficient (Wildman–Crippen LogP) is 1.80. The van der Waals surface area contributed by atoms with Crippen LogP contribution in [0.2, 0.25) is 0 Å². The number of hydrogen-bond acceptors (Lipinski definition) is 6. The van der Waals surface area contributed by atoms with Crippen molar-refractivity contribution in [3.05, 3.63) is 71.3 Å². The van der Waals surface area contributed by atoms with Crippen LogP contribution in [0, 0.1) is 0 Å². The average molecular weight is 363 g/mol. The quantitative estimate of drug-likeness (QED) is 0.666. The molecular formula is C20H25N7. The Morgan fingerprint density at radius 1 is 1.04 bits per heavy atom. The number of anilines is 1. The molecule has 0 aliphatic carbocycles. The monoisotopic (exact) mass is 363 g/mol. The third-order valence-electron chi connectivity index (χ3n) is 4.78. The first-order chi connectivity index (χ1) is 13.3. The van der Waals surface area contributed by atoms with Crippen LogP contribution >= 0.6 is 0 Å². The van der Waals surface area contributed by atoms with E-state index in [4.69, 9.17) is 10.8 Å². The van der Waals surface area contributed by atoms with Crippen LogP contribution in [-0.4, -0.2) is 37.7 Å². The van der Waals surface area contributed by atoms with Crippen LogP contribution in [0.5, 0.6) is 0 Å². The van der Waals surface area contributed by atoms with Crippen molar-refractivity contribution in [2.24, 2.45) is 5.73 Å². The molecule has 0 amide bonds. The molecule has 7 heteroatoms. The van der Waals surface area contributed by atoms with E-state index in [2.05, 4.69) is 55.2 Å². The van der Waals surface area contributed by atoms with Gasteiger partial charge in [0.1, 0.15) is 0 Å². The smallest absolute Gasteiger partial charge is 0.222 e. The topological polar surface area (TPSA) is 84.9 Å². The molecule has 0 spiro atoms. The number of nitrogens with one attached hydrogen (secondary N) is 1. The summed E-state index contributed by atoms with van der Waals surface area (Å²) in [4.78, 5) is 10.8. The molecule has 0 fully saturated rings. The summed E-state index contributed by atoms with van der Waals surface area (Å²) in [5.74, 6) is 0.628. The van der Waals surface area contributed by atoms with Gasteiger partial charge in [-0.3, -0.25) is 9.58 Å². The summed E-state index contributed by atoms with van der Waals surface area (Å²) in [5, 5.41) is 7.92. The predicted molar refractivity (Wildman–Crippen MR) is 105 cm³/mol. The second-order valence-corrected chi connectivity index (χ2v) is 6.84. The summed E-state index contributed by atoms with van der Waals surface area (Å²) < 4.78 is 2.11. The molecule has 3 N–H and O–H groups in total. The number of rotatable bonds is 7. The maximum Gasteiger partial charge on any atom is 0.222 e. The standard InChI is InChI=1S/C20H25N7/c21-7-6-16-2-4-17(5-3-16)14-26-10-11-27-19(15-26)12-18(25-27)13-24-20-22-8-1-9-23-20/h1-5,8-9,12H,6-7,10-11,13-15,21H2,(H,22,23,24). The molecule has 0 saturated carbocycles. The lowest BCUT2D eigenvalue weighted by molar-refractivity contribution is 0.205. The van der Waals surface area contributed by atoms with Crippen LogP contribution in [0.3, 0.4) is 0 Å². The second kappa shape index (κ2) is 8.28. The van der Waals surface area contributed by atoms with Gasteiger partial charge in [0.15, 0.2) is 0 Å². The van der Waals surface area contributed by atoms with Crippen LogP contribution in [0.15, 0.2) is 48.8 Å². The Morgan fingerprint density at radius 3 is 2.59 bits per heavy atom. The van der Waals surface area contributed by atoms with Crippen molar-refractivity contribution < 1.29 is 0 Å². The van der Waals surface area contributed by atoms with Gasteiger partial charge in [-0.2, -0.15) is 5.10 Å². The van der Waals surface area contributed by atoms with E-state index < -0.39 is 0 Å². The van der Waals surface area contributed by atoms with Gasteiger partial charge in [-0.15, -0.1) is 0 Å². The SMILES string of the molecule is NCCc1ccc(CN2CCn3nc(CNc4ncccn4)cc3C2)cc1. The number of benzene rings is 1. The van der Waals surface area contributed by atoms with Crippen LogP contribution in [0.1, 0.15) is 22.5 Å². The van der Waals surface area contributed by atoms with Crippen molar-refractivity contribution in [2.75, 3.05) is 18.4 Å². The zero-order valence-corrected chi connectivity index (χ0v) is 15.4. The number of fused-ring (bicyclic) bond motifs is 1. The van der Waals surface area contributed by atoms with Crippen LogP contribution in [0.25, 0.3) is 0 Å². The fourth-order valence-electron chi connectivity index (χ4n) is 3.40. The molecule has 0 radical (unpaired) electrons. The van der Waals surface area contributed by atoms with Gasteiger partial charge >= 0.3 is 0 Å². The lowest BCUT2D eigenvalue weighted by Crippen LogP contribution is -2.33. The lowest BCUT2D eigenvalue weighted by atomic mass is 10.1. The van der Waals surface area contributed by atoms with Crippen molar-refractivity contribution in [1.82, 2.24) is 24.6 Å². The molecule has 2 aromatic heterocycles. The Morgan fingerprint density at radius 2 is 1.81 bits per heavy atom. The highest BCUT2D eigenvalue weighted by molar-refractivity contribution is 5.25. The second-order valence-electron chi connectivity index (χ2n) is 6.84. The van der Waals surface area contributed by atoms with E-state index in [-0.39, 0.29) is 0 Å². The van der Waals surface area contributed by atoms with Gasteiger partial charge < -0.3 is 11.1 Å². The zero-order valence-electron chi connectivity index (χ0n) is 15.4. The Labute approximate surface area is 159 Å². The van der Waals surface area contributed by atoms with E-state index in [0.717, 1.165) is 38.3 Å². The van der Waals surface area contributed by atoms with Gasteiger partial charge in [-0.25, -0.2) is 9.97 Å². The molecule has 1 aromatic carbocycles. The van der Waals surface area contributed by atoms with E-state index >= 15 is 0 Å². The highest BCUT2D eigenvalue weighted by atomic mass is 15.3.